The second kappa shape index (κ2) is 5.85. The highest BCUT2D eigenvalue weighted by molar-refractivity contribution is 5.88. The van der Waals surface area contributed by atoms with Gasteiger partial charge in [-0.3, -0.25) is 9.69 Å². The quantitative estimate of drug-likeness (QED) is 0.830. The van der Waals surface area contributed by atoms with Crippen molar-refractivity contribution in [3.8, 4) is 11.5 Å². The Labute approximate surface area is 148 Å². The zero-order chi connectivity index (χ0) is 17.8. The van der Waals surface area contributed by atoms with Gasteiger partial charge < -0.3 is 14.6 Å². The number of nitrogens with zero attached hydrogens (tertiary/aromatic N) is 1. The van der Waals surface area contributed by atoms with E-state index in [9.17, 15) is 9.90 Å². The second-order valence-corrected chi connectivity index (χ2v) is 7.24. The van der Waals surface area contributed by atoms with E-state index in [1.807, 2.05) is 12.1 Å². The lowest BCUT2D eigenvalue weighted by Gasteiger charge is -2.51. The fourth-order valence-electron chi connectivity index (χ4n) is 5.00. The maximum Gasteiger partial charge on any atom is 0.174 e. The van der Waals surface area contributed by atoms with E-state index in [4.69, 9.17) is 9.47 Å². The van der Waals surface area contributed by atoms with Gasteiger partial charge in [-0.05, 0) is 31.0 Å². The molecule has 5 heteroatoms. The first-order chi connectivity index (χ1) is 12.0. The summed E-state index contributed by atoms with van der Waals surface area (Å²) in [5, 5.41) is 11.8. The maximum atomic E-state index is 12.5. The van der Waals surface area contributed by atoms with Crippen molar-refractivity contribution in [1.29, 1.82) is 0 Å². The molecular formula is C20H25NO4. The summed E-state index contributed by atoms with van der Waals surface area (Å²) in [4.78, 5) is 14.8. The van der Waals surface area contributed by atoms with E-state index in [1.165, 1.54) is 0 Å². The van der Waals surface area contributed by atoms with Gasteiger partial charge in [-0.2, -0.15) is 0 Å². The highest BCUT2D eigenvalue weighted by atomic mass is 16.5. The molecule has 25 heavy (non-hydrogen) atoms. The largest absolute Gasteiger partial charge is 0.493 e. The number of carbonyl (C=O) groups excluding carboxylic acids is 1. The molecule has 1 aromatic rings. The van der Waals surface area contributed by atoms with Crippen LogP contribution in [0.5, 0.6) is 11.5 Å². The van der Waals surface area contributed by atoms with Crippen LogP contribution in [0.25, 0.3) is 0 Å². The SMILES string of the molecule is C=CCN(CC)C1Cc2ccc(OC)c3c2C2[C@H](O3)C(=O)CC[C@@]21O. The van der Waals surface area contributed by atoms with Crippen LogP contribution >= 0.6 is 0 Å². The van der Waals surface area contributed by atoms with E-state index in [2.05, 4.69) is 24.5 Å². The Morgan fingerprint density at radius 1 is 1.52 bits per heavy atom. The van der Waals surface area contributed by atoms with Crippen LogP contribution < -0.4 is 9.47 Å². The molecule has 0 spiro atoms. The Bertz CT molecular complexity index is 731. The predicted molar refractivity (Wildman–Crippen MR) is 94.3 cm³/mol. The molecule has 1 heterocycles. The number of carbonyl (C=O) groups is 1. The Morgan fingerprint density at radius 2 is 2.32 bits per heavy atom. The van der Waals surface area contributed by atoms with E-state index >= 15 is 0 Å². The lowest BCUT2D eigenvalue weighted by Crippen LogP contribution is -2.63. The topological polar surface area (TPSA) is 59.0 Å². The molecule has 3 aliphatic rings. The van der Waals surface area contributed by atoms with Crippen molar-refractivity contribution < 1.29 is 19.4 Å². The van der Waals surface area contributed by atoms with Crippen LogP contribution in [0.15, 0.2) is 24.8 Å². The van der Waals surface area contributed by atoms with Gasteiger partial charge in [0.15, 0.2) is 23.4 Å². The van der Waals surface area contributed by atoms with Gasteiger partial charge in [-0.1, -0.05) is 19.1 Å². The summed E-state index contributed by atoms with van der Waals surface area (Å²) in [7, 11) is 1.60. The summed E-state index contributed by atoms with van der Waals surface area (Å²) in [5.41, 5.74) is 1.16. The van der Waals surface area contributed by atoms with E-state index in [0.29, 0.717) is 30.9 Å². The van der Waals surface area contributed by atoms with Gasteiger partial charge in [0.25, 0.3) is 0 Å². The van der Waals surface area contributed by atoms with Gasteiger partial charge in [0.2, 0.25) is 0 Å². The van der Waals surface area contributed by atoms with Gasteiger partial charge in [0.1, 0.15) is 0 Å². The average molecular weight is 343 g/mol. The number of aliphatic hydroxyl groups is 1. The zero-order valence-corrected chi connectivity index (χ0v) is 14.8. The fraction of sp³-hybridized carbons (Fsp3) is 0.550. The zero-order valence-electron chi connectivity index (χ0n) is 14.8. The van der Waals surface area contributed by atoms with Crippen LogP contribution in [0.1, 0.15) is 36.8 Å². The van der Waals surface area contributed by atoms with Crippen LogP contribution in [0.4, 0.5) is 0 Å². The third kappa shape index (κ3) is 2.19. The number of methoxy groups -OCH3 is 1. The van der Waals surface area contributed by atoms with Crippen molar-refractivity contribution >= 4 is 5.78 Å². The molecule has 2 aliphatic carbocycles. The van der Waals surface area contributed by atoms with Crippen LogP contribution in [-0.2, 0) is 11.2 Å². The van der Waals surface area contributed by atoms with E-state index in [0.717, 1.165) is 24.1 Å². The Morgan fingerprint density at radius 3 is 3.00 bits per heavy atom. The lowest BCUT2D eigenvalue weighted by atomic mass is 9.61. The van der Waals surface area contributed by atoms with Crippen LogP contribution in [0, 0.1) is 0 Å². The minimum Gasteiger partial charge on any atom is -0.493 e. The molecule has 1 N–H and O–H groups in total. The molecule has 1 saturated carbocycles. The van der Waals surface area contributed by atoms with Crippen molar-refractivity contribution in [3.05, 3.63) is 35.9 Å². The molecule has 1 aromatic carbocycles. The summed E-state index contributed by atoms with van der Waals surface area (Å²) in [6.07, 6.45) is 2.84. The van der Waals surface area contributed by atoms with Crippen LogP contribution in [0.3, 0.4) is 0 Å². The normalized spacial score (nSPS) is 32.3. The van der Waals surface area contributed by atoms with Gasteiger partial charge in [-0.25, -0.2) is 0 Å². The molecule has 0 radical (unpaired) electrons. The molecule has 2 unspecified atom stereocenters. The molecule has 0 amide bonds. The van der Waals surface area contributed by atoms with Crippen molar-refractivity contribution in [2.75, 3.05) is 20.2 Å². The minimum absolute atomic E-state index is 0.0495. The standard InChI is InChI=1S/C20H25NO4/c1-4-10-21(5-2)15-11-12-6-7-14(24-3)19-16(12)17-18(25-19)13(22)8-9-20(15,17)23/h4,6-7,15,17-18,23H,1,5,8-11H2,2-3H3/t15?,17?,18-,20+/m1/s1. The van der Waals surface area contributed by atoms with Crippen molar-refractivity contribution in [2.24, 2.45) is 0 Å². The number of hydrogen-bond acceptors (Lipinski definition) is 5. The fourth-order valence-corrected chi connectivity index (χ4v) is 5.00. The molecule has 5 nitrogen and oxygen atoms in total. The highest BCUT2D eigenvalue weighted by Crippen LogP contribution is 2.58. The number of benzene rings is 1. The molecule has 4 rings (SSSR count). The monoisotopic (exact) mass is 343 g/mol. The average Bonchev–Trinajstić information content (AvgIpc) is 3.03. The first kappa shape index (κ1) is 16.6. The summed E-state index contributed by atoms with van der Waals surface area (Å²) >= 11 is 0. The van der Waals surface area contributed by atoms with Crippen molar-refractivity contribution in [3.63, 3.8) is 0 Å². The first-order valence-electron chi connectivity index (χ1n) is 9.01. The van der Waals surface area contributed by atoms with Gasteiger partial charge in [0, 0.05) is 24.6 Å². The number of hydrogen-bond donors (Lipinski definition) is 1. The second-order valence-electron chi connectivity index (χ2n) is 7.24. The molecule has 1 fully saturated rings. The smallest absolute Gasteiger partial charge is 0.174 e. The lowest BCUT2D eigenvalue weighted by molar-refractivity contribution is -0.146. The minimum atomic E-state index is -0.970. The van der Waals surface area contributed by atoms with E-state index < -0.39 is 11.7 Å². The maximum absolute atomic E-state index is 12.5. The molecule has 4 atom stereocenters. The highest BCUT2D eigenvalue weighted by Gasteiger charge is 2.61. The van der Waals surface area contributed by atoms with Crippen LogP contribution in [0.2, 0.25) is 0 Å². The third-order valence-electron chi connectivity index (χ3n) is 6.16. The Hall–Kier alpha value is -1.85. The van der Waals surface area contributed by atoms with Gasteiger partial charge in [0.05, 0.1) is 18.6 Å². The molecule has 1 aliphatic heterocycles. The molecular weight excluding hydrogens is 318 g/mol. The van der Waals surface area contributed by atoms with Gasteiger partial charge >= 0.3 is 0 Å². The van der Waals surface area contributed by atoms with E-state index in [1.54, 1.807) is 7.11 Å². The Kier molecular flexibility index (Phi) is 3.89. The molecule has 0 saturated heterocycles. The number of ether oxygens (including phenoxy) is 2. The number of rotatable bonds is 5. The molecule has 134 valence electrons. The first-order valence-corrected chi connectivity index (χ1v) is 9.01. The summed E-state index contributed by atoms with van der Waals surface area (Å²) in [6, 6.07) is 3.91. The number of likely N-dealkylation sites (N-methyl/N-ethyl adjacent to an activating group) is 1. The van der Waals surface area contributed by atoms with Crippen LogP contribution in [-0.4, -0.2) is 53.7 Å². The summed E-state index contributed by atoms with van der Waals surface area (Å²) < 4.78 is 11.5. The van der Waals surface area contributed by atoms with Crippen molar-refractivity contribution in [1.82, 2.24) is 4.90 Å². The Balaban J connectivity index is 1.88. The summed E-state index contributed by atoms with van der Waals surface area (Å²) in [5.74, 6) is 1.05. The number of Topliss-reactive ketones (excluding diaryl/α,β-unsaturated/α-hetero) is 1. The molecule has 0 aromatic heterocycles. The van der Waals surface area contributed by atoms with Crippen molar-refractivity contribution in [2.45, 2.75) is 49.9 Å². The number of ketones is 1. The van der Waals surface area contributed by atoms with Gasteiger partial charge in [-0.15, -0.1) is 6.58 Å². The third-order valence-corrected chi connectivity index (χ3v) is 6.16. The predicted octanol–water partition coefficient (Wildman–Crippen LogP) is 2.07. The van der Waals surface area contributed by atoms with E-state index in [-0.39, 0.29) is 17.7 Å². The summed E-state index contributed by atoms with van der Waals surface area (Å²) in [6.45, 7) is 7.49. The molecule has 0 bridgehead atoms.